The summed E-state index contributed by atoms with van der Waals surface area (Å²) in [7, 11) is 0. The summed E-state index contributed by atoms with van der Waals surface area (Å²) < 4.78 is 0. The van der Waals surface area contributed by atoms with E-state index in [1.807, 2.05) is 0 Å². The molecule has 72 valence electrons. The minimum Gasteiger partial charge on any atom is -0.478 e. The summed E-state index contributed by atoms with van der Waals surface area (Å²) in [5.74, 6) is -3.00. The largest absolute Gasteiger partial charge is 0.478 e. The Bertz CT molecular complexity index is 227. The molecule has 0 aromatic heterocycles. The highest BCUT2D eigenvalue weighted by molar-refractivity contribution is 5.89. The van der Waals surface area contributed by atoms with Crippen LogP contribution in [0.15, 0.2) is 24.8 Å². The smallest absolute Gasteiger partial charge is 0.328 e. The molecule has 0 aliphatic rings. The molecule has 1 amide bonds. The van der Waals surface area contributed by atoms with E-state index in [4.69, 9.17) is 10.2 Å². The molecule has 6 nitrogen and oxygen atoms in total. The first-order valence-electron chi connectivity index (χ1n) is 2.96. The summed E-state index contributed by atoms with van der Waals surface area (Å²) in [5.41, 5.74) is 4.53. The lowest BCUT2D eigenvalue weighted by Crippen LogP contribution is -2.04. The van der Waals surface area contributed by atoms with Gasteiger partial charge in [0.05, 0.1) is 0 Å². The maximum absolute atomic E-state index is 9.55. The molecule has 0 heterocycles. The second kappa shape index (κ2) is 7.99. The molecule has 0 bridgehead atoms. The summed E-state index contributed by atoms with van der Waals surface area (Å²) in [6, 6.07) is 0. The molecule has 0 aliphatic carbocycles. The van der Waals surface area contributed by atoms with Crippen LogP contribution < -0.4 is 5.73 Å². The van der Waals surface area contributed by atoms with Crippen LogP contribution in [-0.4, -0.2) is 28.1 Å². The number of carboxylic acid groups (broad SMARTS) is 2. The van der Waals surface area contributed by atoms with Crippen molar-refractivity contribution in [2.45, 2.75) is 0 Å². The van der Waals surface area contributed by atoms with E-state index >= 15 is 0 Å². The number of carboxylic acids is 2. The third kappa shape index (κ3) is 25.7. The lowest BCUT2D eigenvalue weighted by Gasteiger charge is -1.74. The molecular weight excluding hydrogens is 178 g/mol. The molecule has 0 radical (unpaired) electrons. The van der Waals surface area contributed by atoms with Crippen LogP contribution >= 0.6 is 0 Å². The van der Waals surface area contributed by atoms with E-state index in [0.717, 1.165) is 6.08 Å². The second-order valence-electron chi connectivity index (χ2n) is 1.62. The van der Waals surface area contributed by atoms with Gasteiger partial charge in [-0.15, -0.1) is 0 Å². The zero-order valence-electron chi connectivity index (χ0n) is 6.64. The Morgan fingerprint density at radius 2 is 1.31 bits per heavy atom. The minimum absolute atomic E-state index is 0.481. The van der Waals surface area contributed by atoms with Gasteiger partial charge in [-0.1, -0.05) is 6.58 Å². The number of primary amides is 1. The highest BCUT2D eigenvalue weighted by Crippen LogP contribution is 1.70. The Kier molecular flexibility index (Phi) is 8.28. The normalized spacial score (nSPS) is 8.31. The number of hydrogen-bond acceptors (Lipinski definition) is 3. The van der Waals surface area contributed by atoms with Gasteiger partial charge in [0.25, 0.3) is 0 Å². The molecule has 0 saturated carbocycles. The van der Waals surface area contributed by atoms with Gasteiger partial charge in [-0.25, -0.2) is 9.59 Å². The Labute approximate surface area is 74.0 Å². The van der Waals surface area contributed by atoms with Crippen molar-refractivity contribution in [3.8, 4) is 0 Å². The Morgan fingerprint density at radius 1 is 1.08 bits per heavy atom. The van der Waals surface area contributed by atoms with Crippen LogP contribution in [0.25, 0.3) is 0 Å². The highest BCUT2D eigenvalue weighted by atomic mass is 16.4. The summed E-state index contributed by atoms with van der Waals surface area (Å²) in [5, 5.41) is 15.6. The summed E-state index contributed by atoms with van der Waals surface area (Å²) in [6.07, 6.45) is 2.17. The number of nitrogens with two attached hydrogens (primary N) is 1. The molecule has 0 rings (SSSR count). The van der Waals surface area contributed by atoms with E-state index in [1.54, 1.807) is 0 Å². The molecule has 13 heavy (non-hydrogen) atoms. The fraction of sp³-hybridized carbons (Fsp3) is 0. The number of amides is 1. The SMILES string of the molecule is C=CC(N)=O.O=C(O)C=CC(=O)O. The number of carbonyl (C=O) groups excluding carboxylic acids is 1. The molecule has 0 unspecified atom stereocenters. The molecule has 0 aromatic carbocycles. The van der Waals surface area contributed by atoms with Gasteiger partial charge in [-0.2, -0.15) is 0 Å². The molecule has 6 heteroatoms. The second-order valence-corrected chi connectivity index (χ2v) is 1.62. The number of rotatable bonds is 3. The summed E-state index contributed by atoms with van der Waals surface area (Å²) in [6.45, 7) is 3.09. The van der Waals surface area contributed by atoms with E-state index in [9.17, 15) is 14.4 Å². The van der Waals surface area contributed by atoms with Crippen molar-refractivity contribution in [1.29, 1.82) is 0 Å². The van der Waals surface area contributed by atoms with Crippen LogP contribution in [0.4, 0.5) is 0 Å². The molecule has 4 N–H and O–H groups in total. The predicted octanol–water partition coefficient (Wildman–Crippen LogP) is -0.631. The molecule has 0 fully saturated rings. The average molecular weight is 187 g/mol. The molecule has 0 aromatic rings. The van der Waals surface area contributed by atoms with Crippen LogP contribution in [0.2, 0.25) is 0 Å². The maximum atomic E-state index is 9.55. The summed E-state index contributed by atoms with van der Waals surface area (Å²) in [4.78, 5) is 28.6. The van der Waals surface area contributed by atoms with Crippen molar-refractivity contribution < 1.29 is 24.6 Å². The van der Waals surface area contributed by atoms with Gasteiger partial charge in [0.15, 0.2) is 0 Å². The van der Waals surface area contributed by atoms with Crippen molar-refractivity contribution in [3.05, 3.63) is 24.8 Å². The van der Waals surface area contributed by atoms with E-state index < -0.39 is 17.8 Å². The predicted molar refractivity (Wildman–Crippen MR) is 43.8 cm³/mol. The Hall–Kier alpha value is -2.11. The Balaban J connectivity index is 0. The highest BCUT2D eigenvalue weighted by Gasteiger charge is 1.88. The van der Waals surface area contributed by atoms with Gasteiger partial charge in [0.1, 0.15) is 0 Å². The first kappa shape index (κ1) is 13.5. The lowest BCUT2D eigenvalue weighted by atomic mass is 10.5. The number of carbonyl (C=O) groups is 3. The van der Waals surface area contributed by atoms with Crippen LogP contribution in [0.3, 0.4) is 0 Å². The van der Waals surface area contributed by atoms with Crippen molar-refractivity contribution in [3.63, 3.8) is 0 Å². The van der Waals surface area contributed by atoms with Gasteiger partial charge < -0.3 is 15.9 Å². The zero-order chi connectivity index (χ0) is 10.9. The van der Waals surface area contributed by atoms with E-state index in [-0.39, 0.29) is 0 Å². The van der Waals surface area contributed by atoms with Crippen LogP contribution in [0.1, 0.15) is 0 Å². The summed E-state index contributed by atoms with van der Waals surface area (Å²) >= 11 is 0. The minimum atomic E-state index is -1.26. The van der Waals surface area contributed by atoms with E-state index in [1.165, 1.54) is 0 Å². The number of hydrogen-bond donors (Lipinski definition) is 3. The van der Waals surface area contributed by atoms with Gasteiger partial charge >= 0.3 is 11.9 Å². The van der Waals surface area contributed by atoms with Crippen molar-refractivity contribution in [2.75, 3.05) is 0 Å². The standard InChI is InChI=1S/C4H4O4.C3H5NO/c5-3(6)1-2-4(7)8;1-2-3(4)5/h1-2H,(H,5,6)(H,7,8);2H,1H2,(H2,4,5). The zero-order valence-corrected chi connectivity index (χ0v) is 6.64. The van der Waals surface area contributed by atoms with Crippen LogP contribution in [0, 0.1) is 0 Å². The third-order valence-corrected chi connectivity index (χ3v) is 0.570. The lowest BCUT2D eigenvalue weighted by molar-refractivity contribution is -0.134. The van der Waals surface area contributed by atoms with Gasteiger partial charge in [-0.05, 0) is 6.08 Å². The van der Waals surface area contributed by atoms with Crippen molar-refractivity contribution >= 4 is 17.8 Å². The van der Waals surface area contributed by atoms with Crippen LogP contribution in [-0.2, 0) is 14.4 Å². The van der Waals surface area contributed by atoms with E-state index in [0.29, 0.717) is 12.2 Å². The molecule has 0 spiro atoms. The monoisotopic (exact) mass is 187 g/mol. The van der Waals surface area contributed by atoms with Crippen molar-refractivity contribution in [2.24, 2.45) is 5.73 Å². The van der Waals surface area contributed by atoms with Crippen LogP contribution in [0.5, 0.6) is 0 Å². The molecule has 0 aliphatic heterocycles. The quantitative estimate of drug-likeness (QED) is 0.508. The average Bonchev–Trinajstić information content (AvgIpc) is 2.02. The first-order valence-corrected chi connectivity index (χ1v) is 2.96. The molecule has 0 saturated heterocycles. The van der Waals surface area contributed by atoms with Crippen molar-refractivity contribution in [1.82, 2.24) is 0 Å². The Morgan fingerprint density at radius 3 is 1.38 bits per heavy atom. The maximum Gasteiger partial charge on any atom is 0.328 e. The van der Waals surface area contributed by atoms with Gasteiger partial charge in [-0.3, -0.25) is 4.79 Å². The molecular formula is C7H9NO5. The number of aliphatic carboxylic acids is 2. The third-order valence-electron chi connectivity index (χ3n) is 0.570. The van der Waals surface area contributed by atoms with Gasteiger partial charge in [0, 0.05) is 12.2 Å². The fourth-order valence-electron chi connectivity index (χ4n) is 0.143. The van der Waals surface area contributed by atoms with Gasteiger partial charge in [0.2, 0.25) is 5.91 Å². The van der Waals surface area contributed by atoms with E-state index in [2.05, 4.69) is 12.3 Å². The molecule has 0 atom stereocenters. The topological polar surface area (TPSA) is 118 Å². The fourth-order valence-corrected chi connectivity index (χ4v) is 0.143. The first-order chi connectivity index (χ1) is 5.90.